The number of aromatic nitrogens is 1. The van der Waals surface area contributed by atoms with E-state index in [0.717, 1.165) is 0 Å². The fraction of sp³-hybridized carbons (Fsp3) is 0.200. The fourth-order valence-electron chi connectivity index (χ4n) is 1.68. The molecule has 21 heavy (non-hydrogen) atoms. The average Bonchev–Trinajstić information content (AvgIpc) is 2.49. The summed E-state index contributed by atoms with van der Waals surface area (Å²) >= 11 is 3.29. The first-order valence-corrected chi connectivity index (χ1v) is 7.12. The third-order valence-corrected chi connectivity index (χ3v) is 3.47. The number of likely N-dealkylation sites (N-methyl/N-ethyl adjacent to an activating group) is 1. The van der Waals surface area contributed by atoms with Crippen molar-refractivity contribution in [3.63, 3.8) is 0 Å². The highest BCUT2D eigenvalue weighted by atomic mass is 79.9. The molecule has 1 heterocycles. The van der Waals surface area contributed by atoms with Crippen molar-refractivity contribution in [1.82, 2.24) is 9.88 Å². The number of amides is 1. The highest BCUT2D eigenvalue weighted by molar-refractivity contribution is 9.10. The molecule has 1 amide bonds. The van der Waals surface area contributed by atoms with E-state index in [9.17, 15) is 9.18 Å². The molecule has 0 saturated carbocycles. The first-order chi connectivity index (χ1) is 10.1. The van der Waals surface area contributed by atoms with E-state index in [0.29, 0.717) is 16.7 Å². The number of pyridine rings is 1. The molecule has 0 N–H and O–H groups in total. The van der Waals surface area contributed by atoms with E-state index in [1.165, 1.54) is 11.0 Å². The zero-order valence-electron chi connectivity index (χ0n) is 11.4. The molecule has 4 nitrogen and oxygen atoms in total. The van der Waals surface area contributed by atoms with E-state index in [-0.39, 0.29) is 18.3 Å². The molecule has 0 saturated heterocycles. The number of carbonyl (C=O) groups excluding carboxylic acids is 1. The Morgan fingerprint density at radius 1 is 1.33 bits per heavy atom. The summed E-state index contributed by atoms with van der Waals surface area (Å²) in [7, 11) is 1.65. The molecule has 0 aliphatic heterocycles. The lowest BCUT2D eigenvalue weighted by Crippen LogP contribution is -2.31. The summed E-state index contributed by atoms with van der Waals surface area (Å²) in [6.07, 6.45) is 1.56. The second kappa shape index (κ2) is 7.17. The van der Waals surface area contributed by atoms with Gasteiger partial charge in [-0.3, -0.25) is 4.79 Å². The predicted octanol–water partition coefficient (Wildman–Crippen LogP) is 3.13. The molecule has 0 bridgehead atoms. The van der Waals surface area contributed by atoms with Gasteiger partial charge in [-0.15, -0.1) is 0 Å². The first kappa shape index (κ1) is 15.4. The van der Waals surface area contributed by atoms with E-state index < -0.39 is 5.82 Å². The number of rotatable bonds is 5. The molecule has 0 unspecified atom stereocenters. The van der Waals surface area contributed by atoms with Crippen molar-refractivity contribution in [2.24, 2.45) is 0 Å². The van der Waals surface area contributed by atoms with Gasteiger partial charge in [0.05, 0.1) is 6.54 Å². The van der Waals surface area contributed by atoms with E-state index in [1.807, 2.05) is 0 Å². The monoisotopic (exact) mass is 352 g/mol. The van der Waals surface area contributed by atoms with Crippen molar-refractivity contribution in [1.29, 1.82) is 0 Å². The lowest BCUT2D eigenvalue weighted by molar-refractivity contribution is 0.0766. The summed E-state index contributed by atoms with van der Waals surface area (Å²) in [5.74, 6) is -0.462. The van der Waals surface area contributed by atoms with Gasteiger partial charge in [0.15, 0.2) is 11.6 Å². The normalized spacial score (nSPS) is 10.2. The smallest absolute Gasteiger partial charge is 0.273 e. The van der Waals surface area contributed by atoms with Crippen LogP contribution >= 0.6 is 15.9 Å². The molecule has 0 fully saturated rings. The van der Waals surface area contributed by atoms with Crippen LogP contribution in [0.3, 0.4) is 0 Å². The van der Waals surface area contributed by atoms with Crippen LogP contribution in [0.2, 0.25) is 0 Å². The zero-order chi connectivity index (χ0) is 15.2. The standard InChI is InChI=1S/C15H14BrFN2O2/c1-19(15(20)14-11(16)5-4-8-18-14)9-10-21-13-7-3-2-6-12(13)17/h2-8H,9-10H2,1H3. The maximum absolute atomic E-state index is 13.4. The molecule has 0 spiro atoms. The second-order valence-electron chi connectivity index (χ2n) is 4.34. The quantitative estimate of drug-likeness (QED) is 0.830. The first-order valence-electron chi connectivity index (χ1n) is 6.33. The van der Waals surface area contributed by atoms with Gasteiger partial charge in [-0.1, -0.05) is 12.1 Å². The Kier molecular flexibility index (Phi) is 5.27. The van der Waals surface area contributed by atoms with Crippen molar-refractivity contribution in [3.05, 3.63) is 58.6 Å². The maximum atomic E-state index is 13.4. The van der Waals surface area contributed by atoms with Crippen LogP contribution in [0.1, 0.15) is 10.5 Å². The van der Waals surface area contributed by atoms with Crippen molar-refractivity contribution >= 4 is 21.8 Å². The second-order valence-corrected chi connectivity index (χ2v) is 5.19. The molecule has 2 rings (SSSR count). The predicted molar refractivity (Wildman–Crippen MR) is 80.8 cm³/mol. The van der Waals surface area contributed by atoms with Crippen LogP contribution < -0.4 is 4.74 Å². The Hall–Kier alpha value is -1.95. The van der Waals surface area contributed by atoms with Gasteiger partial charge in [-0.25, -0.2) is 9.37 Å². The van der Waals surface area contributed by atoms with Crippen LogP contribution in [0.15, 0.2) is 47.1 Å². The van der Waals surface area contributed by atoms with E-state index in [1.54, 1.807) is 43.6 Å². The van der Waals surface area contributed by atoms with Crippen molar-refractivity contribution in [3.8, 4) is 5.75 Å². The molecule has 1 aromatic carbocycles. The lowest BCUT2D eigenvalue weighted by Gasteiger charge is -2.17. The summed E-state index contributed by atoms with van der Waals surface area (Å²) in [6.45, 7) is 0.532. The number of nitrogens with zero attached hydrogens (tertiary/aromatic N) is 2. The van der Waals surface area contributed by atoms with Gasteiger partial charge in [-0.2, -0.15) is 0 Å². The molecule has 6 heteroatoms. The van der Waals surface area contributed by atoms with Crippen molar-refractivity contribution < 1.29 is 13.9 Å². The maximum Gasteiger partial charge on any atom is 0.273 e. The Labute approximate surface area is 130 Å². The number of hydrogen-bond donors (Lipinski definition) is 0. The minimum Gasteiger partial charge on any atom is -0.489 e. The molecular weight excluding hydrogens is 339 g/mol. The number of ether oxygens (including phenoxy) is 1. The summed E-state index contributed by atoms with van der Waals surface area (Å²) in [6, 6.07) is 9.66. The highest BCUT2D eigenvalue weighted by Crippen LogP contribution is 2.16. The molecule has 2 aromatic rings. The largest absolute Gasteiger partial charge is 0.489 e. The molecular formula is C15H14BrFN2O2. The topological polar surface area (TPSA) is 42.4 Å². The number of benzene rings is 1. The fourth-order valence-corrected chi connectivity index (χ4v) is 2.10. The van der Waals surface area contributed by atoms with Gasteiger partial charge in [-0.05, 0) is 40.2 Å². The summed E-state index contributed by atoms with van der Waals surface area (Å²) in [5.41, 5.74) is 0.339. The Morgan fingerprint density at radius 3 is 2.81 bits per heavy atom. The molecule has 0 aliphatic rings. The number of carbonyl (C=O) groups is 1. The Bertz CT molecular complexity index is 637. The third kappa shape index (κ3) is 4.01. The van der Waals surface area contributed by atoms with Crippen LogP contribution in [0.5, 0.6) is 5.75 Å². The number of hydrogen-bond acceptors (Lipinski definition) is 3. The van der Waals surface area contributed by atoms with Crippen molar-refractivity contribution in [2.75, 3.05) is 20.2 Å². The van der Waals surface area contributed by atoms with Gasteiger partial charge >= 0.3 is 0 Å². The molecule has 0 aliphatic carbocycles. The zero-order valence-corrected chi connectivity index (χ0v) is 13.0. The Balaban J connectivity index is 1.90. The lowest BCUT2D eigenvalue weighted by atomic mass is 10.3. The average molecular weight is 353 g/mol. The van der Waals surface area contributed by atoms with Crippen LogP contribution in [0.4, 0.5) is 4.39 Å². The SMILES string of the molecule is CN(CCOc1ccccc1F)C(=O)c1ncccc1Br. The third-order valence-electron chi connectivity index (χ3n) is 2.83. The van der Waals surface area contributed by atoms with Gasteiger partial charge in [0.25, 0.3) is 5.91 Å². The van der Waals surface area contributed by atoms with Gasteiger partial charge in [0, 0.05) is 17.7 Å². The van der Waals surface area contributed by atoms with E-state index >= 15 is 0 Å². The highest BCUT2D eigenvalue weighted by Gasteiger charge is 2.16. The molecule has 0 radical (unpaired) electrons. The molecule has 1 aromatic heterocycles. The van der Waals surface area contributed by atoms with Crippen molar-refractivity contribution in [2.45, 2.75) is 0 Å². The minimum absolute atomic E-state index is 0.178. The molecule has 0 atom stereocenters. The summed E-state index contributed by atoms with van der Waals surface area (Å²) in [4.78, 5) is 17.7. The number of halogens is 2. The minimum atomic E-state index is -0.418. The van der Waals surface area contributed by atoms with E-state index in [4.69, 9.17) is 4.74 Å². The van der Waals surface area contributed by atoms with Gasteiger partial charge in [0.2, 0.25) is 0 Å². The van der Waals surface area contributed by atoms with Gasteiger partial charge < -0.3 is 9.64 Å². The molecule has 110 valence electrons. The van der Waals surface area contributed by atoms with Crippen LogP contribution in [-0.2, 0) is 0 Å². The van der Waals surface area contributed by atoms with Crippen LogP contribution in [0.25, 0.3) is 0 Å². The van der Waals surface area contributed by atoms with E-state index in [2.05, 4.69) is 20.9 Å². The van der Waals surface area contributed by atoms with Crippen LogP contribution in [-0.4, -0.2) is 36.0 Å². The Morgan fingerprint density at radius 2 is 2.10 bits per heavy atom. The number of para-hydroxylation sites is 1. The van der Waals surface area contributed by atoms with Gasteiger partial charge in [0.1, 0.15) is 12.3 Å². The summed E-state index contributed by atoms with van der Waals surface area (Å²) < 4.78 is 19.3. The van der Waals surface area contributed by atoms with Crippen LogP contribution in [0, 0.1) is 5.82 Å². The summed E-state index contributed by atoms with van der Waals surface area (Å²) in [5, 5.41) is 0.